The lowest BCUT2D eigenvalue weighted by molar-refractivity contribution is -0.127. The lowest BCUT2D eigenvalue weighted by Crippen LogP contribution is -2.51. The van der Waals surface area contributed by atoms with Crippen molar-refractivity contribution in [2.75, 3.05) is 19.3 Å². The lowest BCUT2D eigenvalue weighted by atomic mass is 9.73. The van der Waals surface area contributed by atoms with Gasteiger partial charge in [-0.15, -0.1) is 4.31 Å². The zero-order chi connectivity index (χ0) is 15.1. The number of pyridine rings is 1. The fourth-order valence-corrected chi connectivity index (χ4v) is 3.79. The standard InChI is InChI=1S/C13H16N4O3S/c1-21(19,20)17-8-4-13(5-9-17)11(15-16-12(13)18)10-2-6-14-7-3-10/h2-3,6-7H,4-5,8-9H2,1H3,(H-,14,16,18,19,20). The highest BCUT2D eigenvalue weighted by Crippen LogP contribution is 2.39. The average molecular weight is 308 g/mol. The Morgan fingerprint density at radius 3 is 2.52 bits per heavy atom. The van der Waals surface area contributed by atoms with Gasteiger partial charge in [-0.05, 0) is 25.0 Å². The van der Waals surface area contributed by atoms with Gasteiger partial charge in [0.1, 0.15) is 16.7 Å². The zero-order valence-corrected chi connectivity index (χ0v) is 12.4. The molecule has 1 saturated heterocycles. The molecule has 2 aliphatic rings. The van der Waals surface area contributed by atoms with E-state index in [9.17, 15) is 13.6 Å². The monoisotopic (exact) mass is 308 g/mol. The molecule has 1 unspecified atom stereocenters. The minimum atomic E-state index is -3.22. The Hall–Kier alpha value is -1.64. The molecule has 0 saturated carbocycles. The zero-order valence-electron chi connectivity index (χ0n) is 11.6. The number of piperidine rings is 1. The number of nitrogens with zero attached hydrogens (tertiary/aromatic N) is 3. The Labute approximate surface area is 123 Å². The molecule has 1 aromatic rings. The Kier molecular flexibility index (Phi) is 3.39. The fraction of sp³-hybridized carbons (Fsp3) is 0.462. The molecule has 21 heavy (non-hydrogen) atoms. The molecule has 3 rings (SSSR count). The number of aromatic nitrogens is 1. The summed E-state index contributed by atoms with van der Waals surface area (Å²) in [6.45, 7) is 0.659. The van der Waals surface area contributed by atoms with E-state index in [2.05, 4.69) is 15.5 Å². The highest BCUT2D eigenvalue weighted by Gasteiger charge is 2.51. The minimum absolute atomic E-state index is 0.150. The molecule has 1 N–H and O–H groups in total. The number of amides is 1. The Morgan fingerprint density at radius 1 is 1.33 bits per heavy atom. The van der Waals surface area contributed by atoms with Crippen LogP contribution in [0.25, 0.3) is 0 Å². The number of hydrazone groups is 1. The molecular weight excluding hydrogens is 292 g/mol. The molecule has 3 heterocycles. The summed E-state index contributed by atoms with van der Waals surface area (Å²) < 4.78 is 24.6. The number of carbonyl (C=O) groups is 1. The summed E-state index contributed by atoms with van der Waals surface area (Å²) in [7, 11) is -3.22. The van der Waals surface area contributed by atoms with Gasteiger partial charge in [0.15, 0.2) is 0 Å². The van der Waals surface area contributed by atoms with E-state index in [1.54, 1.807) is 12.4 Å². The fourth-order valence-electron chi connectivity index (χ4n) is 2.94. The summed E-state index contributed by atoms with van der Waals surface area (Å²) in [6.07, 6.45) is 5.37. The first-order valence-corrected chi connectivity index (χ1v) is 8.52. The van der Waals surface area contributed by atoms with Gasteiger partial charge in [0.2, 0.25) is 0 Å². The Balaban J connectivity index is 1.89. The van der Waals surface area contributed by atoms with Crippen LogP contribution in [0.4, 0.5) is 0 Å². The molecule has 0 aliphatic carbocycles. The maximum Gasteiger partial charge on any atom is 0.252 e. The van der Waals surface area contributed by atoms with Gasteiger partial charge in [0.05, 0.1) is 11.1 Å². The predicted molar refractivity (Wildman–Crippen MR) is 76.9 cm³/mol. The summed E-state index contributed by atoms with van der Waals surface area (Å²) in [5.74, 6) is -0.150. The van der Waals surface area contributed by atoms with Crippen LogP contribution in [0, 0.1) is 5.41 Å². The average Bonchev–Trinajstić information content (AvgIpc) is 2.77. The van der Waals surface area contributed by atoms with Gasteiger partial charge in [0.25, 0.3) is 5.91 Å². The molecular formula is C13H16N4O3S. The van der Waals surface area contributed by atoms with Gasteiger partial charge >= 0.3 is 0 Å². The molecule has 1 amide bonds. The first-order chi connectivity index (χ1) is 9.93. The van der Waals surface area contributed by atoms with E-state index in [4.69, 9.17) is 0 Å². The van der Waals surface area contributed by atoms with Gasteiger partial charge in [-0.2, -0.15) is 5.10 Å². The van der Waals surface area contributed by atoms with Crippen LogP contribution in [0.2, 0.25) is 0 Å². The summed E-state index contributed by atoms with van der Waals surface area (Å²) in [5, 5.41) is 4.17. The van der Waals surface area contributed by atoms with Crippen LogP contribution in [0.15, 0.2) is 29.6 Å². The van der Waals surface area contributed by atoms with Gasteiger partial charge in [-0.25, -0.2) is 5.43 Å². The number of carbonyl (C=O) groups excluding carboxylic acids is 1. The molecule has 1 aromatic heterocycles. The quantitative estimate of drug-likeness (QED) is 0.788. The van der Waals surface area contributed by atoms with Crippen molar-refractivity contribution in [3.63, 3.8) is 0 Å². The first-order valence-electron chi connectivity index (χ1n) is 6.68. The second kappa shape index (κ2) is 4.97. The van der Waals surface area contributed by atoms with E-state index in [1.165, 1.54) is 10.6 Å². The second-order valence-electron chi connectivity index (χ2n) is 5.38. The highest BCUT2D eigenvalue weighted by atomic mass is 32.3. The van der Waals surface area contributed by atoms with E-state index < -0.39 is 15.8 Å². The topological polar surface area (TPSA) is 97.7 Å². The highest BCUT2D eigenvalue weighted by molar-refractivity contribution is 7.94. The molecule has 8 heteroatoms. The van der Waals surface area contributed by atoms with Gasteiger partial charge in [-0.3, -0.25) is 9.78 Å². The maximum absolute atomic E-state index is 12.3. The molecule has 7 nitrogen and oxygen atoms in total. The maximum atomic E-state index is 12.3. The van der Waals surface area contributed by atoms with Crippen molar-refractivity contribution < 1.29 is 13.6 Å². The number of hydrogen-bond acceptors (Lipinski definition) is 5. The third kappa shape index (κ3) is 2.39. The Bertz CT molecular complexity index is 632. The molecule has 112 valence electrons. The summed E-state index contributed by atoms with van der Waals surface area (Å²) in [6, 6.07) is 3.62. The molecule has 2 aliphatic heterocycles. The second-order valence-corrected chi connectivity index (χ2v) is 7.36. The molecule has 1 fully saturated rings. The lowest BCUT2D eigenvalue weighted by Gasteiger charge is -2.37. The van der Waals surface area contributed by atoms with Crippen LogP contribution in [0.1, 0.15) is 18.4 Å². The van der Waals surface area contributed by atoms with Gasteiger partial charge < -0.3 is 4.55 Å². The smallest absolute Gasteiger partial charge is 0.252 e. The van der Waals surface area contributed by atoms with E-state index >= 15 is 0 Å². The normalized spacial score (nSPS) is 24.5. The summed E-state index contributed by atoms with van der Waals surface area (Å²) >= 11 is 0. The molecule has 0 radical (unpaired) electrons. The summed E-state index contributed by atoms with van der Waals surface area (Å²) in [5.41, 5.74) is 3.34. The van der Waals surface area contributed by atoms with Crippen molar-refractivity contribution in [2.45, 2.75) is 12.8 Å². The molecule has 1 spiro atoms. The van der Waals surface area contributed by atoms with Crippen LogP contribution in [0.5, 0.6) is 0 Å². The van der Waals surface area contributed by atoms with E-state index in [0.717, 1.165) is 5.56 Å². The SMILES string of the molecule is C[S+](=O)([O-])N1CCC2(CC1)C(=O)NN=C2c1ccncc1. The van der Waals surface area contributed by atoms with Crippen LogP contribution in [0.3, 0.4) is 0 Å². The van der Waals surface area contributed by atoms with Crippen molar-refractivity contribution in [1.29, 1.82) is 0 Å². The first kappa shape index (κ1) is 14.3. The number of sulfonamides is 1. The Morgan fingerprint density at radius 2 is 1.95 bits per heavy atom. The number of hydrogen-bond donors (Lipinski definition) is 1. The number of rotatable bonds is 2. The van der Waals surface area contributed by atoms with Crippen molar-refractivity contribution in [2.24, 2.45) is 10.5 Å². The molecule has 0 bridgehead atoms. The van der Waals surface area contributed by atoms with Crippen molar-refractivity contribution in [3.05, 3.63) is 30.1 Å². The van der Waals surface area contributed by atoms with Crippen LogP contribution in [-0.2, 0) is 19.4 Å². The van der Waals surface area contributed by atoms with E-state index in [-0.39, 0.29) is 5.91 Å². The summed E-state index contributed by atoms with van der Waals surface area (Å²) in [4.78, 5) is 16.2. The van der Waals surface area contributed by atoms with Gasteiger partial charge in [0, 0.05) is 31.0 Å². The molecule has 1 atom stereocenters. The van der Waals surface area contributed by atoms with Crippen LogP contribution < -0.4 is 5.43 Å². The third-order valence-electron chi connectivity index (χ3n) is 4.16. The third-order valence-corrected chi connectivity index (χ3v) is 5.46. The van der Waals surface area contributed by atoms with Crippen molar-refractivity contribution >= 4 is 22.0 Å². The van der Waals surface area contributed by atoms with Crippen LogP contribution >= 0.6 is 0 Å². The largest absolute Gasteiger partial charge is 0.598 e. The van der Waals surface area contributed by atoms with Crippen molar-refractivity contribution in [3.8, 4) is 0 Å². The van der Waals surface area contributed by atoms with E-state index in [1.807, 2.05) is 12.1 Å². The van der Waals surface area contributed by atoms with E-state index in [0.29, 0.717) is 31.6 Å². The van der Waals surface area contributed by atoms with Crippen molar-refractivity contribution in [1.82, 2.24) is 14.7 Å². The minimum Gasteiger partial charge on any atom is -0.598 e. The van der Waals surface area contributed by atoms with Crippen LogP contribution in [-0.4, -0.2) is 44.8 Å². The molecule has 0 aromatic carbocycles. The number of nitrogens with one attached hydrogen (secondary N) is 1. The van der Waals surface area contributed by atoms with Gasteiger partial charge in [-0.1, -0.05) is 4.21 Å². The predicted octanol–water partition coefficient (Wildman–Crippen LogP) is 0.172.